The van der Waals surface area contributed by atoms with Crippen molar-refractivity contribution in [3.8, 4) is 11.1 Å². The van der Waals surface area contributed by atoms with Crippen LogP contribution in [0.3, 0.4) is 0 Å². The SMILES string of the molecule is Cc1cccc(-c2cnn3c2CN(C(=O)Cc2ccccc2)CC3)c1. The third-order valence-electron chi connectivity index (χ3n) is 4.75. The van der Waals surface area contributed by atoms with E-state index in [1.165, 1.54) is 11.1 Å². The smallest absolute Gasteiger partial charge is 0.227 e. The molecular weight excluding hydrogens is 310 g/mol. The van der Waals surface area contributed by atoms with Gasteiger partial charge >= 0.3 is 0 Å². The molecular formula is C21H21N3O. The average Bonchev–Trinajstić information content (AvgIpc) is 3.05. The van der Waals surface area contributed by atoms with E-state index in [2.05, 4.69) is 36.3 Å². The highest BCUT2D eigenvalue weighted by Gasteiger charge is 2.24. The Labute approximate surface area is 147 Å². The van der Waals surface area contributed by atoms with Crippen LogP contribution < -0.4 is 0 Å². The molecule has 3 aromatic rings. The molecule has 4 nitrogen and oxygen atoms in total. The van der Waals surface area contributed by atoms with E-state index in [1.807, 2.05) is 46.1 Å². The molecule has 0 saturated carbocycles. The van der Waals surface area contributed by atoms with E-state index >= 15 is 0 Å². The molecule has 1 aliphatic heterocycles. The summed E-state index contributed by atoms with van der Waals surface area (Å²) in [6.07, 6.45) is 2.38. The van der Waals surface area contributed by atoms with Gasteiger partial charge in [-0.05, 0) is 18.1 Å². The third kappa shape index (κ3) is 3.20. The molecule has 2 aromatic carbocycles. The first-order chi connectivity index (χ1) is 12.2. The Morgan fingerprint density at radius 3 is 2.72 bits per heavy atom. The van der Waals surface area contributed by atoms with Crippen molar-refractivity contribution in [2.45, 2.75) is 26.4 Å². The summed E-state index contributed by atoms with van der Waals surface area (Å²) in [5.41, 5.74) is 5.70. The lowest BCUT2D eigenvalue weighted by molar-refractivity contribution is -0.131. The second-order valence-corrected chi connectivity index (χ2v) is 6.58. The van der Waals surface area contributed by atoms with Crippen LogP contribution in [-0.4, -0.2) is 27.1 Å². The molecule has 0 atom stereocenters. The summed E-state index contributed by atoms with van der Waals surface area (Å²) in [7, 11) is 0. The number of benzene rings is 2. The van der Waals surface area contributed by atoms with Crippen molar-refractivity contribution in [2.24, 2.45) is 0 Å². The fourth-order valence-corrected chi connectivity index (χ4v) is 3.39. The predicted octanol–water partition coefficient (Wildman–Crippen LogP) is 3.44. The number of carbonyl (C=O) groups excluding carboxylic acids is 1. The lowest BCUT2D eigenvalue weighted by atomic mass is 10.0. The largest absolute Gasteiger partial charge is 0.335 e. The zero-order valence-corrected chi connectivity index (χ0v) is 14.4. The summed E-state index contributed by atoms with van der Waals surface area (Å²) in [6, 6.07) is 18.4. The first kappa shape index (κ1) is 15.6. The number of hydrogen-bond acceptors (Lipinski definition) is 2. The summed E-state index contributed by atoms with van der Waals surface area (Å²) < 4.78 is 2.03. The maximum Gasteiger partial charge on any atom is 0.227 e. The van der Waals surface area contributed by atoms with Crippen molar-refractivity contribution in [1.82, 2.24) is 14.7 Å². The molecule has 0 bridgehead atoms. The van der Waals surface area contributed by atoms with E-state index in [0.717, 1.165) is 23.4 Å². The molecule has 1 amide bonds. The molecule has 4 rings (SSSR count). The van der Waals surface area contributed by atoms with Crippen molar-refractivity contribution < 1.29 is 4.79 Å². The van der Waals surface area contributed by atoms with Crippen LogP contribution in [0.2, 0.25) is 0 Å². The minimum Gasteiger partial charge on any atom is -0.335 e. The lowest BCUT2D eigenvalue weighted by Gasteiger charge is -2.28. The van der Waals surface area contributed by atoms with Crippen LogP contribution in [0.1, 0.15) is 16.8 Å². The normalized spacial score (nSPS) is 13.6. The summed E-state index contributed by atoms with van der Waals surface area (Å²) >= 11 is 0. The van der Waals surface area contributed by atoms with Crippen LogP contribution in [0, 0.1) is 6.92 Å². The highest BCUT2D eigenvalue weighted by molar-refractivity contribution is 5.79. The van der Waals surface area contributed by atoms with Crippen molar-refractivity contribution >= 4 is 5.91 Å². The van der Waals surface area contributed by atoms with Gasteiger partial charge in [0, 0.05) is 12.1 Å². The number of rotatable bonds is 3. The molecule has 4 heteroatoms. The summed E-state index contributed by atoms with van der Waals surface area (Å²) in [4.78, 5) is 14.6. The van der Waals surface area contributed by atoms with Gasteiger partial charge in [-0.1, -0.05) is 60.2 Å². The minimum absolute atomic E-state index is 0.175. The molecule has 25 heavy (non-hydrogen) atoms. The first-order valence-corrected chi connectivity index (χ1v) is 8.64. The number of carbonyl (C=O) groups is 1. The molecule has 0 spiro atoms. The average molecular weight is 331 g/mol. The van der Waals surface area contributed by atoms with E-state index in [0.29, 0.717) is 19.5 Å². The van der Waals surface area contributed by atoms with Crippen LogP contribution in [0.15, 0.2) is 60.8 Å². The molecule has 1 aliphatic rings. The minimum atomic E-state index is 0.175. The highest BCUT2D eigenvalue weighted by Crippen LogP contribution is 2.27. The fraction of sp³-hybridized carbons (Fsp3) is 0.238. The van der Waals surface area contributed by atoms with E-state index in [4.69, 9.17) is 0 Å². The van der Waals surface area contributed by atoms with E-state index in [1.54, 1.807) is 0 Å². The Kier molecular flexibility index (Phi) is 4.10. The van der Waals surface area contributed by atoms with E-state index in [-0.39, 0.29) is 5.91 Å². The molecule has 0 unspecified atom stereocenters. The maximum absolute atomic E-state index is 12.7. The van der Waals surface area contributed by atoms with E-state index < -0.39 is 0 Å². The molecule has 1 aromatic heterocycles. The van der Waals surface area contributed by atoms with Crippen molar-refractivity contribution in [3.05, 3.63) is 77.6 Å². The second-order valence-electron chi connectivity index (χ2n) is 6.58. The van der Waals surface area contributed by atoms with Gasteiger partial charge in [0.2, 0.25) is 5.91 Å². The number of amides is 1. The number of nitrogens with zero attached hydrogens (tertiary/aromatic N) is 3. The van der Waals surface area contributed by atoms with Crippen LogP contribution >= 0.6 is 0 Å². The monoisotopic (exact) mass is 331 g/mol. The molecule has 0 saturated heterocycles. The lowest BCUT2D eigenvalue weighted by Crippen LogP contribution is -2.39. The molecule has 126 valence electrons. The Bertz CT molecular complexity index is 899. The van der Waals surface area contributed by atoms with Crippen LogP contribution in [-0.2, 0) is 24.3 Å². The van der Waals surface area contributed by atoms with Gasteiger partial charge in [-0.3, -0.25) is 9.48 Å². The van der Waals surface area contributed by atoms with Crippen molar-refractivity contribution in [3.63, 3.8) is 0 Å². The Morgan fingerprint density at radius 2 is 1.92 bits per heavy atom. The van der Waals surface area contributed by atoms with Gasteiger partial charge in [-0.2, -0.15) is 5.10 Å². The molecule has 0 fully saturated rings. The molecule has 0 N–H and O–H groups in total. The van der Waals surface area contributed by atoms with Crippen molar-refractivity contribution in [1.29, 1.82) is 0 Å². The molecule has 2 heterocycles. The zero-order chi connectivity index (χ0) is 17.2. The van der Waals surface area contributed by atoms with Crippen LogP contribution in [0.5, 0.6) is 0 Å². The molecule has 0 radical (unpaired) electrons. The van der Waals surface area contributed by atoms with Crippen LogP contribution in [0.25, 0.3) is 11.1 Å². The number of aryl methyl sites for hydroxylation is 1. The number of aromatic nitrogens is 2. The topological polar surface area (TPSA) is 38.1 Å². The third-order valence-corrected chi connectivity index (χ3v) is 4.75. The van der Waals surface area contributed by atoms with E-state index in [9.17, 15) is 4.79 Å². The highest BCUT2D eigenvalue weighted by atomic mass is 16.2. The summed E-state index contributed by atoms with van der Waals surface area (Å²) in [6.45, 7) is 4.18. The standard InChI is InChI=1S/C21H21N3O/c1-16-6-5-9-18(12-16)19-14-22-24-11-10-23(15-20(19)24)21(25)13-17-7-3-2-4-8-17/h2-9,12,14H,10-11,13,15H2,1H3. The van der Waals surface area contributed by atoms with Gasteiger partial charge in [-0.15, -0.1) is 0 Å². The quantitative estimate of drug-likeness (QED) is 0.737. The maximum atomic E-state index is 12.7. The Morgan fingerprint density at radius 1 is 1.08 bits per heavy atom. The Hall–Kier alpha value is -2.88. The summed E-state index contributed by atoms with van der Waals surface area (Å²) in [5.74, 6) is 0.175. The predicted molar refractivity (Wildman–Crippen MR) is 98.0 cm³/mol. The fourth-order valence-electron chi connectivity index (χ4n) is 3.39. The second kappa shape index (κ2) is 6.55. The van der Waals surface area contributed by atoms with Gasteiger partial charge in [-0.25, -0.2) is 0 Å². The van der Waals surface area contributed by atoms with Gasteiger partial charge in [0.05, 0.1) is 31.4 Å². The van der Waals surface area contributed by atoms with Gasteiger partial charge < -0.3 is 4.90 Å². The molecule has 0 aliphatic carbocycles. The van der Waals surface area contributed by atoms with Gasteiger partial charge in [0.15, 0.2) is 0 Å². The van der Waals surface area contributed by atoms with Gasteiger partial charge in [0.1, 0.15) is 0 Å². The van der Waals surface area contributed by atoms with Crippen LogP contribution in [0.4, 0.5) is 0 Å². The first-order valence-electron chi connectivity index (χ1n) is 8.64. The zero-order valence-electron chi connectivity index (χ0n) is 14.4. The van der Waals surface area contributed by atoms with Crippen molar-refractivity contribution in [2.75, 3.05) is 6.54 Å². The number of fused-ring (bicyclic) bond motifs is 1. The summed E-state index contributed by atoms with van der Waals surface area (Å²) in [5, 5.41) is 4.52. The number of hydrogen-bond donors (Lipinski definition) is 0. The van der Waals surface area contributed by atoms with Gasteiger partial charge in [0.25, 0.3) is 0 Å². The Balaban J connectivity index is 1.56.